The summed E-state index contributed by atoms with van der Waals surface area (Å²) in [6, 6.07) is 2.47. The number of hydrogen-bond donors (Lipinski definition) is 0. The third-order valence-corrected chi connectivity index (χ3v) is 6.94. The molecule has 12 heteroatoms. The van der Waals surface area contributed by atoms with E-state index in [9.17, 15) is 24.5 Å². The van der Waals surface area contributed by atoms with Gasteiger partial charge in [0, 0.05) is 29.7 Å². The second kappa shape index (κ2) is 8.80. The molecule has 3 amide bonds. The molecule has 34 heavy (non-hydrogen) atoms. The lowest BCUT2D eigenvalue weighted by Gasteiger charge is -2.26. The summed E-state index contributed by atoms with van der Waals surface area (Å²) in [6.07, 6.45) is 5.88. The number of rotatable bonds is 6. The van der Waals surface area contributed by atoms with Crippen LogP contribution >= 0.6 is 11.6 Å². The molecular formula is C22H21ClN4O7. The Morgan fingerprint density at radius 1 is 1.21 bits per heavy atom. The lowest BCUT2D eigenvalue weighted by atomic mass is 9.85. The fourth-order valence-electron chi connectivity index (χ4n) is 5.15. The van der Waals surface area contributed by atoms with Crippen LogP contribution in [-0.2, 0) is 19.1 Å². The predicted molar refractivity (Wildman–Crippen MR) is 118 cm³/mol. The first-order chi connectivity index (χ1) is 16.3. The molecule has 2 aliphatic heterocycles. The maximum Gasteiger partial charge on any atom is 0.313 e. The number of fused-ring (bicyclic) bond motifs is 5. The van der Waals surface area contributed by atoms with Crippen LogP contribution in [0.2, 0.25) is 5.02 Å². The zero-order chi connectivity index (χ0) is 24.0. The van der Waals surface area contributed by atoms with E-state index in [2.05, 4.69) is 5.10 Å². The fraction of sp³-hybridized carbons (Fsp3) is 0.455. The lowest BCUT2D eigenvalue weighted by Crippen LogP contribution is -2.43. The van der Waals surface area contributed by atoms with Crippen LogP contribution in [0.25, 0.3) is 0 Å². The first kappa shape index (κ1) is 22.5. The highest BCUT2D eigenvalue weighted by Gasteiger charge is 2.59. The van der Waals surface area contributed by atoms with Gasteiger partial charge in [0.1, 0.15) is 0 Å². The van der Waals surface area contributed by atoms with Gasteiger partial charge in [0.25, 0.3) is 17.7 Å². The average Bonchev–Trinajstić information content (AvgIpc) is 3.51. The van der Waals surface area contributed by atoms with Crippen LogP contribution in [0.3, 0.4) is 0 Å². The Kier molecular flexibility index (Phi) is 5.82. The van der Waals surface area contributed by atoms with Gasteiger partial charge in [0.05, 0.1) is 36.2 Å². The Morgan fingerprint density at radius 3 is 2.47 bits per heavy atom. The molecule has 5 rings (SSSR count). The molecule has 0 N–H and O–H groups in total. The summed E-state index contributed by atoms with van der Waals surface area (Å²) >= 11 is 6.06. The van der Waals surface area contributed by atoms with E-state index < -0.39 is 29.1 Å². The van der Waals surface area contributed by atoms with Crippen LogP contribution in [-0.4, -0.2) is 71.7 Å². The molecule has 1 aromatic rings. The number of hydrazone groups is 1. The smallest absolute Gasteiger partial charge is 0.313 e. The number of nitrogens with zero attached hydrogens (tertiary/aromatic N) is 4. The number of nitro groups is 1. The van der Waals surface area contributed by atoms with Crippen LogP contribution in [0, 0.1) is 33.8 Å². The zero-order valence-electron chi connectivity index (χ0n) is 18.0. The molecule has 2 bridgehead atoms. The molecule has 0 spiro atoms. The predicted octanol–water partition coefficient (Wildman–Crippen LogP) is 1.63. The van der Waals surface area contributed by atoms with Crippen molar-refractivity contribution in [2.75, 3.05) is 32.9 Å². The number of benzene rings is 1. The van der Waals surface area contributed by atoms with E-state index in [0.717, 1.165) is 23.7 Å². The zero-order valence-corrected chi connectivity index (χ0v) is 18.7. The Balaban J connectivity index is 1.39. The van der Waals surface area contributed by atoms with Crippen LogP contribution in [0.4, 0.5) is 5.69 Å². The van der Waals surface area contributed by atoms with E-state index in [4.69, 9.17) is 21.1 Å². The second-order valence-electron chi connectivity index (χ2n) is 8.61. The molecule has 0 unspecified atom stereocenters. The normalized spacial score (nSPS) is 27.7. The first-order valence-corrected chi connectivity index (χ1v) is 11.3. The third kappa shape index (κ3) is 3.84. The standard InChI is InChI=1S/C22H21ClN4O7/c23-15-8-14(10-24-26-21(29)18-12-1-2-13(7-12)19(18)22(26)30)20(16(9-15)27(31)32)34-11-17(28)25-3-5-33-6-4-25/h1-2,8-10,12-13,18-19H,3-7,11H2/t12-,13-,18-,19+/m0/s1. The summed E-state index contributed by atoms with van der Waals surface area (Å²) in [5.41, 5.74) is -0.380. The lowest BCUT2D eigenvalue weighted by molar-refractivity contribution is -0.385. The van der Waals surface area contributed by atoms with Crippen LogP contribution < -0.4 is 4.74 Å². The Bertz CT molecular complexity index is 1100. The average molecular weight is 489 g/mol. The molecule has 0 aromatic heterocycles. The summed E-state index contributed by atoms with van der Waals surface area (Å²) in [5.74, 6) is -2.12. The van der Waals surface area contributed by atoms with E-state index in [1.807, 2.05) is 12.2 Å². The topological polar surface area (TPSA) is 132 Å². The number of carbonyl (C=O) groups excluding carboxylic acids is 3. The maximum absolute atomic E-state index is 12.9. The molecule has 3 fully saturated rings. The van der Waals surface area contributed by atoms with E-state index in [0.29, 0.717) is 26.3 Å². The Hall–Kier alpha value is -3.31. The monoisotopic (exact) mass is 488 g/mol. The molecule has 11 nitrogen and oxygen atoms in total. The number of hydrogen-bond acceptors (Lipinski definition) is 8. The van der Waals surface area contributed by atoms with Crippen LogP contribution in [0.5, 0.6) is 5.75 Å². The van der Waals surface area contributed by atoms with Crippen molar-refractivity contribution >= 4 is 41.2 Å². The van der Waals surface area contributed by atoms with E-state index in [-0.39, 0.29) is 45.9 Å². The van der Waals surface area contributed by atoms with Crippen molar-refractivity contribution in [3.63, 3.8) is 0 Å². The first-order valence-electron chi connectivity index (χ1n) is 10.9. The van der Waals surface area contributed by atoms with E-state index in [1.54, 1.807) is 4.90 Å². The fourth-order valence-corrected chi connectivity index (χ4v) is 5.37. The van der Waals surface area contributed by atoms with Crippen molar-refractivity contribution in [1.29, 1.82) is 0 Å². The quantitative estimate of drug-likeness (QED) is 0.195. The van der Waals surface area contributed by atoms with Gasteiger partial charge in [-0.3, -0.25) is 24.5 Å². The number of ether oxygens (including phenoxy) is 2. The molecule has 1 aromatic carbocycles. The van der Waals surface area contributed by atoms with Gasteiger partial charge in [-0.25, -0.2) is 0 Å². The Morgan fingerprint density at radius 2 is 1.85 bits per heavy atom. The second-order valence-corrected chi connectivity index (χ2v) is 9.05. The summed E-state index contributed by atoms with van der Waals surface area (Å²) in [6.45, 7) is 1.17. The number of allylic oxidation sites excluding steroid dienone is 2. The third-order valence-electron chi connectivity index (χ3n) is 6.72. The highest BCUT2D eigenvalue weighted by atomic mass is 35.5. The van der Waals surface area contributed by atoms with Crippen LogP contribution in [0.15, 0.2) is 29.4 Å². The molecule has 178 valence electrons. The molecule has 4 aliphatic rings. The van der Waals surface area contributed by atoms with Gasteiger partial charge < -0.3 is 14.4 Å². The number of nitro benzene ring substituents is 1. The minimum absolute atomic E-state index is 0.0315. The molecule has 2 heterocycles. The molecule has 2 saturated heterocycles. The van der Waals surface area contributed by atoms with Crippen molar-refractivity contribution in [2.45, 2.75) is 6.42 Å². The van der Waals surface area contributed by atoms with Gasteiger partial charge in [-0.2, -0.15) is 10.1 Å². The number of imide groups is 1. The number of halogens is 1. The molecule has 2 aliphatic carbocycles. The SMILES string of the molecule is O=C(COc1c(C=NN2C(=O)[C@@H]3[C@H](C2=O)[C@H]2C=C[C@H]3C2)cc(Cl)cc1[N+](=O)[O-])N1CCOCC1. The van der Waals surface area contributed by atoms with Crippen molar-refractivity contribution in [3.05, 3.63) is 45.0 Å². The van der Waals surface area contributed by atoms with Gasteiger partial charge in [-0.1, -0.05) is 23.8 Å². The molecule has 1 saturated carbocycles. The molecule has 0 radical (unpaired) electrons. The van der Waals surface area contributed by atoms with Gasteiger partial charge in [-0.15, -0.1) is 0 Å². The molecule has 4 atom stereocenters. The number of amides is 3. The maximum atomic E-state index is 12.9. The number of carbonyl (C=O) groups is 3. The van der Waals surface area contributed by atoms with Crippen LogP contribution in [0.1, 0.15) is 12.0 Å². The van der Waals surface area contributed by atoms with Crippen molar-refractivity contribution < 1.29 is 28.8 Å². The minimum Gasteiger partial charge on any atom is -0.476 e. The van der Waals surface area contributed by atoms with Gasteiger partial charge in [0.2, 0.25) is 5.75 Å². The number of morpholine rings is 1. The Labute approximate surface area is 199 Å². The van der Waals surface area contributed by atoms with Crippen molar-refractivity contribution in [3.8, 4) is 5.75 Å². The summed E-state index contributed by atoms with van der Waals surface area (Å²) in [7, 11) is 0. The summed E-state index contributed by atoms with van der Waals surface area (Å²) in [4.78, 5) is 50.7. The molecular weight excluding hydrogens is 468 g/mol. The minimum atomic E-state index is -0.683. The summed E-state index contributed by atoms with van der Waals surface area (Å²) in [5, 5.41) is 16.6. The summed E-state index contributed by atoms with van der Waals surface area (Å²) < 4.78 is 10.8. The van der Waals surface area contributed by atoms with Gasteiger partial charge in [0.15, 0.2) is 6.61 Å². The van der Waals surface area contributed by atoms with Crippen molar-refractivity contribution in [2.24, 2.45) is 28.8 Å². The van der Waals surface area contributed by atoms with E-state index in [1.165, 1.54) is 6.07 Å². The van der Waals surface area contributed by atoms with Gasteiger partial charge >= 0.3 is 5.69 Å². The van der Waals surface area contributed by atoms with Gasteiger partial charge in [-0.05, 0) is 24.3 Å². The largest absolute Gasteiger partial charge is 0.476 e. The van der Waals surface area contributed by atoms with E-state index >= 15 is 0 Å². The highest BCUT2D eigenvalue weighted by molar-refractivity contribution is 6.31. The highest BCUT2D eigenvalue weighted by Crippen LogP contribution is 2.52. The van der Waals surface area contributed by atoms with Crippen molar-refractivity contribution in [1.82, 2.24) is 9.91 Å².